The Labute approximate surface area is 308 Å². The van der Waals surface area contributed by atoms with Crippen LogP contribution in [0.25, 0.3) is 0 Å². The van der Waals surface area contributed by atoms with Crippen LogP contribution in [0.15, 0.2) is 18.3 Å². The van der Waals surface area contributed by atoms with Gasteiger partial charge in [0.2, 0.25) is 5.91 Å². The maximum Gasteiger partial charge on any atom is 0.410 e. The Bertz CT molecular complexity index is 1670. The van der Waals surface area contributed by atoms with Gasteiger partial charge < -0.3 is 29.5 Å². The topological polar surface area (TPSA) is 132 Å². The predicted octanol–water partition coefficient (Wildman–Crippen LogP) is 6.29. The molecular formula is C41H58N4O7. The zero-order chi connectivity index (χ0) is 36.8. The van der Waals surface area contributed by atoms with Gasteiger partial charge in [0.05, 0.1) is 26.5 Å². The van der Waals surface area contributed by atoms with E-state index < -0.39 is 5.97 Å². The van der Waals surface area contributed by atoms with Gasteiger partial charge in [0.25, 0.3) is 0 Å². The minimum absolute atomic E-state index is 0.155. The minimum Gasteiger partial charge on any atom is -0.493 e. The summed E-state index contributed by atoms with van der Waals surface area (Å²) in [4.78, 5) is 38.0. The van der Waals surface area contributed by atoms with Crippen molar-refractivity contribution in [3.8, 4) is 11.5 Å². The lowest BCUT2D eigenvalue weighted by Crippen LogP contribution is -2.54. The molecule has 1 aliphatic heterocycles. The number of carbonyl (C=O) groups excluding carboxylic acids is 2. The number of benzene rings is 1. The molecule has 2 amide bonds. The molecule has 2 N–H and O–H groups in total. The molecular weight excluding hydrogens is 660 g/mol. The maximum atomic E-state index is 13.1. The summed E-state index contributed by atoms with van der Waals surface area (Å²) in [5.74, 6) is 4.12. The summed E-state index contributed by atoms with van der Waals surface area (Å²) in [5, 5.41) is 16.5. The number of nitrogens with zero attached hydrogens (tertiary/aromatic N) is 3. The van der Waals surface area contributed by atoms with Gasteiger partial charge in [0.1, 0.15) is 13.2 Å². The molecule has 11 nitrogen and oxygen atoms in total. The zero-order valence-electron chi connectivity index (χ0n) is 31.7. The number of aromatic nitrogens is 2. The number of carboxylic acid groups (broad SMARTS) is 1. The molecule has 3 fully saturated rings. The van der Waals surface area contributed by atoms with Gasteiger partial charge in [0.15, 0.2) is 11.5 Å². The van der Waals surface area contributed by atoms with Gasteiger partial charge in [-0.2, -0.15) is 5.10 Å². The minimum atomic E-state index is -1.00. The highest BCUT2D eigenvalue weighted by atomic mass is 16.6. The first-order chi connectivity index (χ1) is 24.9. The van der Waals surface area contributed by atoms with E-state index in [1.54, 1.807) is 19.1 Å². The lowest BCUT2D eigenvalue weighted by molar-refractivity contribution is -0.138. The molecule has 4 aliphatic carbocycles. The lowest BCUT2D eigenvalue weighted by Gasteiger charge is -2.60. The third-order valence-corrected chi connectivity index (χ3v) is 14.5. The van der Waals surface area contributed by atoms with Gasteiger partial charge in [0, 0.05) is 25.7 Å². The Morgan fingerprint density at radius 1 is 1.00 bits per heavy atom. The molecule has 2 heterocycles. The first-order valence-corrected chi connectivity index (χ1v) is 19.6. The maximum absolute atomic E-state index is 13.1. The van der Waals surface area contributed by atoms with Crippen molar-refractivity contribution in [2.75, 3.05) is 33.9 Å². The average molecular weight is 719 g/mol. The molecule has 3 saturated carbocycles. The van der Waals surface area contributed by atoms with Crippen LogP contribution in [0.3, 0.4) is 0 Å². The van der Waals surface area contributed by atoms with Crippen molar-refractivity contribution >= 4 is 18.0 Å². The van der Waals surface area contributed by atoms with Gasteiger partial charge in [-0.3, -0.25) is 14.3 Å². The van der Waals surface area contributed by atoms with Crippen molar-refractivity contribution in [3.63, 3.8) is 0 Å². The van der Waals surface area contributed by atoms with E-state index in [2.05, 4.69) is 32.3 Å². The third-order valence-electron chi connectivity index (χ3n) is 14.5. The van der Waals surface area contributed by atoms with E-state index in [0.29, 0.717) is 66.6 Å². The fraction of sp³-hybridized carbons (Fsp3) is 0.707. The molecule has 0 radical (unpaired) electrons. The van der Waals surface area contributed by atoms with E-state index in [-0.39, 0.29) is 30.6 Å². The Balaban J connectivity index is 0.936. The van der Waals surface area contributed by atoms with Gasteiger partial charge in [-0.05, 0) is 139 Å². The number of carbonyl (C=O) groups is 3. The molecule has 0 bridgehead atoms. The number of aliphatic carboxylic acids is 1. The zero-order valence-corrected chi connectivity index (χ0v) is 31.7. The number of nitrogens with one attached hydrogen (secondary N) is 1. The third kappa shape index (κ3) is 6.77. The monoisotopic (exact) mass is 718 g/mol. The van der Waals surface area contributed by atoms with Gasteiger partial charge in [-0.1, -0.05) is 20.8 Å². The van der Waals surface area contributed by atoms with Crippen molar-refractivity contribution in [1.82, 2.24) is 20.0 Å². The molecule has 1 aromatic carbocycles. The van der Waals surface area contributed by atoms with Crippen molar-refractivity contribution < 1.29 is 33.7 Å². The van der Waals surface area contributed by atoms with Crippen LogP contribution in [-0.2, 0) is 46.7 Å². The highest BCUT2D eigenvalue weighted by molar-refractivity contribution is 5.81. The van der Waals surface area contributed by atoms with Crippen LogP contribution in [0.2, 0.25) is 0 Å². The SMILES string of the molecule is COc1cc2c(cc1OC)CN(C(=O)OCCn1cc3c(n1)CC1CCC4C(CC[C@@]5(C)C4CCC5[C@H](C)CCC(=O)NCC(=O)O)[C@@]1(C)C3)CC2. The number of carboxylic acids is 1. The van der Waals surface area contributed by atoms with Crippen LogP contribution >= 0.6 is 0 Å². The second-order valence-electron chi connectivity index (χ2n) is 17.1. The molecule has 1 aromatic heterocycles. The molecule has 8 atom stereocenters. The Morgan fingerprint density at radius 3 is 2.50 bits per heavy atom. The van der Waals surface area contributed by atoms with E-state index in [1.807, 2.05) is 16.8 Å². The number of fused-ring (bicyclic) bond motifs is 7. The van der Waals surface area contributed by atoms with Crippen molar-refractivity contribution in [3.05, 3.63) is 40.7 Å². The van der Waals surface area contributed by atoms with Crippen molar-refractivity contribution in [1.29, 1.82) is 0 Å². The van der Waals surface area contributed by atoms with Crippen LogP contribution in [0.4, 0.5) is 4.79 Å². The van der Waals surface area contributed by atoms with Crippen molar-refractivity contribution in [2.24, 2.45) is 46.3 Å². The standard InChI is InChI=1S/C41H58N4O7/c1-25(6-11-37(46)42-22-38(47)48)31-9-10-32-30-8-7-29-20-34-28(21-41(29,3)33(30)12-14-40(31,32)2)24-45(43-34)16-17-52-39(49)44-15-13-26-18-35(50-4)36(51-5)19-27(26)23-44/h18-19,24-25,29-33H,6-17,20-23H2,1-5H3,(H,42,46)(H,47,48)/t25-,29?,30?,31?,32?,33?,40-,41+/m1/s1. The van der Waals surface area contributed by atoms with Gasteiger partial charge in [-0.15, -0.1) is 0 Å². The molecule has 7 rings (SSSR count). The second-order valence-corrected chi connectivity index (χ2v) is 17.1. The van der Waals surface area contributed by atoms with E-state index >= 15 is 0 Å². The largest absolute Gasteiger partial charge is 0.493 e. The smallest absolute Gasteiger partial charge is 0.410 e. The van der Waals surface area contributed by atoms with Gasteiger partial charge in [-0.25, -0.2) is 4.79 Å². The lowest BCUT2D eigenvalue weighted by atomic mass is 9.44. The van der Waals surface area contributed by atoms with Gasteiger partial charge >= 0.3 is 12.1 Å². The number of hydrogen-bond donors (Lipinski definition) is 2. The van der Waals surface area contributed by atoms with E-state index in [0.717, 1.165) is 43.1 Å². The van der Waals surface area contributed by atoms with Crippen LogP contribution in [0.5, 0.6) is 11.5 Å². The Hall–Kier alpha value is -3.76. The van der Waals surface area contributed by atoms with E-state index in [9.17, 15) is 14.4 Å². The molecule has 0 spiro atoms. The first kappa shape index (κ1) is 36.6. The van der Waals surface area contributed by atoms with Crippen molar-refractivity contribution in [2.45, 2.75) is 104 Å². The summed E-state index contributed by atoms with van der Waals surface area (Å²) in [6, 6.07) is 3.96. The Morgan fingerprint density at radius 2 is 1.75 bits per heavy atom. The highest BCUT2D eigenvalue weighted by Gasteiger charge is 2.60. The predicted molar refractivity (Wildman–Crippen MR) is 195 cm³/mol. The Kier molecular flexibility index (Phi) is 10.3. The van der Waals surface area contributed by atoms with Crippen LogP contribution in [-0.4, -0.2) is 71.7 Å². The molecule has 11 heteroatoms. The quantitative estimate of drug-likeness (QED) is 0.277. The summed E-state index contributed by atoms with van der Waals surface area (Å²) in [7, 11) is 3.26. The second kappa shape index (κ2) is 14.6. The first-order valence-electron chi connectivity index (χ1n) is 19.6. The number of ether oxygens (including phenoxy) is 3. The summed E-state index contributed by atoms with van der Waals surface area (Å²) >= 11 is 0. The summed E-state index contributed by atoms with van der Waals surface area (Å²) in [6.07, 6.45) is 13.6. The molecule has 5 unspecified atom stereocenters. The fourth-order valence-electron chi connectivity index (χ4n) is 11.9. The number of methoxy groups -OCH3 is 2. The molecule has 284 valence electrons. The van der Waals surface area contributed by atoms with E-state index in [4.69, 9.17) is 24.4 Å². The molecule has 0 saturated heterocycles. The molecule has 5 aliphatic rings. The summed E-state index contributed by atoms with van der Waals surface area (Å²) < 4.78 is 18.7. The normalized spacial score (nSPS) is 30.9. The fourth-order valence-corrected chi connectivity index (χ4v) is 11.9. The average Bonchev–Trinajstić information content (AvgIpc) is 3.69. The number of amides is 2. The van der Waals surface area contributed by atoms with E-state index in [1.165, 1.54) is 55.3 Å². The molecule has 2 aromatic rings. The number of rotatable bonds is 11. The number of hydrogen-bond acceptors (Lipinski definition) is 7. The van der Waals surface area contributed by atoms with Crippen LogP contribution < -0.4 is 14.8 Å². The summed E-state index contributed by atoms with van der Waals surface area (Å²) in [6.45, 7) is 9.06. The summed E-state index contributed by atoms with van der Waals surface area (Å²) in [5.41, 5.74) is 5.40. The van der Waals surface area contributed by atoms with Crippen LogP contribution in [0, 0.1) is 46.3 Å². The highest BCUT2D eigenvalue weighted by Crippen LogP contribution is 2.68. The van der Waals surface area contributed by atoms with Crippen LogP contribution in [0.1, 0.15) is 94.5 Å². The molecule has 52 heavy (non-hydrogen) atoms.